The Bertz CT molecular complexity index is 648. The van der Waals surface area contributed by atoms with Crippen LogP contribution >= 0.6 is 0 Å². The van der Waals surface area contributed by atoms with Gasteiger partial charge in [0.1, 0.15) is 22.7 Å². The third kappa shape index (κ3) is 2.33. The molecule has 2 N–H and O–H groups in total. The summed E-state index contributed by atoms with van der Waals surface area (Å²) < 4.78 is 10.5. The Kier molecular flexibility index (Phi) is 3.29. The average molecular weight is 290 g/mol. The van der Waals surface area contributed by atoms with Crippen LogP contribution in [0.5, 0.6) is 0 Å². The first-order valence-corrected chi connectivity index (χ1v) is 6.87. The van der Waals surface area contributed by atoms with E-state index in [1.165, 1.54) is 0 Å². The molecule has 1 unspecified atom stereocenters. The minimum absolute atomic E-state index is 0.217. The zero-order valence-corrected chi connectivity index (χ0v) is 12.3. The first kappa shape index (κ1) is 13.8. The summed E-state index contributed by atoms with van der Waals surface area (Å²) >= 11 is 0. The lowest BCUT2D eigenvalue weighted by molar-refractivity contribution is 0.0867. The van der Waals surface area contributed by atoms with Crippen LogP contribution in [0.15, 0.2) is 10.7 Å². The highest BCUT2D eigenvalue weighted by Gasteiger charge is 2.41. The molecule has 1 aliphatic rings. The Hall–Kier alpha value is -2.15. The number of amides is 1. The van der Waals surface area contributed by atoms with E-state index in [1.54, 1.807) is 20.0 Å². The highest BCUT2D eigenvalue weighted by atomic mass is 16.5. The highest BCUT2D eigenvalue weighted by molar-refractivity contribution is 5.96. The summed E-state index contributed by atoms with van der Waals surface area (Å²) in [6.07, 6.45) is 2.42. The van der Waals surface area contributed by atoms with Gasteiger partial charge in [-0.25, -0.2) is 4.98 Å². The van der Waals surface area contributed by atoms with Crippen molar-refractivity contribution in [3.05, 3.63) is 34.7 Å². The van der Waals surface area contributed by atoms with Crippen molar-refractivity contribution in [3.8, 4) is 0 Å². The van der Waals surface area contributed by atoms with E-state index in [2.05, 4.69) is 20.4 Å². The van der Waals surface area contributed by atoms with E-state index in [9.17, 15) is 4.79 Å². The van der Waals surface area contributed by atoms with E-state index >= 15 is 0 Å². The molecule has 3 rings (SSSR count). The van der Waals surface area contributed by atoms with Gasteiger partial charge in [0.15, 0.2) is 0 Å². The fraction of sp³-hybridized carbons (Fsp3) is 0.500. The van der Waals surface area contributed by atoms with Gasteiger partial charge in [-0.3, -0.25) is 4.79 Å². The van der Waals surface area contributed by atoms with Crippen molar-refractivity contribution in [2.75, 3.05) is 13.2 Å². The number of aromatic nitrogens is 3. The summed E-state index contributed by atoms with van der Waals surface area (Å²) in [5, 5.41) is 6.87. The molecule has 2 aromatic rings. The maximum absolute atomic E-state index is 12.6. The number of carbonyl (C=O) groups is 1. The Labute approximate surface area is 122 Å². The molecular formula is C14H18N4O3. The monoisotopic (exact) mass is 290 g/mol. The average Bonchev–Trinajstić information content (AvgIpc) is 3.12. The van der Waals surface area contributed by atoms with Crippen LogP contribution in [0.25, 0.3) is 0 Å². The molecule has 112 valence electrons. The van der Waals surface area contributed by atoms with Gasteiger partial charge < -0.3 is 19.6 Å². The number of rotatable bonds is 3. The maximum atomic E-state index is 12.6. The number of carbonyl (C=O) groups excluding carboxylic acids is 1. The Morgan fingerprint density at radius 1 is 1.43 bits per heavy atom. The minimum Gasteiger partial charge on any atom is -0.378 e. The number of H-pyrrole nitrogens is 1. The quantitative estimate of drug-likeness (QED) is 0.890. The van der Waals surface area contributed by atoms with Gasteiger partial charge in [-0.2, -0.15) is 0 Å². The van der Waals surface area contributed by atoms with Crippen LogP contribution in [0.3, 0.4) is 0 Å². The number of hydrogen-bond donors (Lipinski definition) is 2. The van der Waals surface area contributed by atoms with Crippen molar-refractivity contribution < 1.29 is 14.1 Å². The fourth-order valence-corrected chi connectivity index (χ4v) is 2.65. The first-order chi connectivity index (χ1) is 10.0. The Morgan fingerprint density at radius 2 is 2.24 bits per heavy atom. The third-order valence-corrected chi connectivity index (χ3v) is 3.79. The number of nitrogens with one attached hydrogen (secondary N) is 2. The minimum atomic E-state index is -0.624. The summed E-state index contributed by atoms with van der Waals surface area (Å²) in [7, 11) is 0. The molecule has 7 nitrogen and oxygen atoms in total. The molecule has 0 saturated carbocycles. The lowest BCUT2D eigenvalue weighted by atomic mass is 9.96. The molecule has 1 fully saturated rings. The molecule has 1 atom stereocenters. The normalized spacial score (nSPS) is 21.7. The van der Waals surface area contributed by atoms with Crippen LogP contribution in [-0.2, 0) is 10.3 Å². The number of ether oxygens (including phenoxy) is 1. The van der Waals surface area contributed by atoms with E-state index in [4.69, 9.17) is 9.26 Å². The maximum Gasteiger partial charge on any atom is 0.257 e. The second-order valence-electron chi connectivity index (χ2n) is 5.45. The van der Waals surface area contributed by atoms with Crippen molar-refractivity contribution in [2.24, 2.45) is 0 Å². The second-order valence-corrected chi connectivity index (χ2v) is 5.45. The molecular weight excluding hydrogens is 272 g/mol. The summed E-state index contributed by atoms with van der Waals surface area (Å²) in [6, 6.07) is 0. The molecule has 1 saturated heterocycles. The molecule has 2 aromatic heterocycles. The second kappa shape index (κ2) is 5.00. The van der Waals surface area contributed by atoms with Crippen molar-refractivity contribution in [3.63, 3.8) is 0 Å². The summed E-state index contributed by atoms with van der Waals surface area (Å²) in [5.41, 5.74) is 1.38. The zero-order chi connectivity index (χ0) is 15.0. The van der Waals surface area contributed by atoms with Gasteiger partial charge in [-0.15, -0.1) is 0 Å². The van der Waals surface area contributed by atoms with Gasteiger partial charge in [0.05, 0.1) is 12.3 Å². The SMILES string of the molecule is Cc1cnc(C2(NC(=O)c3c(C)noc3C)CCOC2)[nH]1. The predicted molar refractivity (Wildman–Crippen MR) is 73.9 cm³/mol. The fourth-order valence-electron chi connectivity index (χ4n) is 2.65. The van der Waals surface area contributed by atoms with Crippen molar-refractivity contribution in [2.45, 2.75) is 32.7 Å². The van der Waals surface area contributed by atoms with Gasteiger partial charge >= 0.3 is 0 Å². The smallest absolute Gasteiger partial charge is 0.257 e. The molecule has 0 bridgehead atoms. The number of aryl methyl sites for hydroxylation is 3. The summed E-state index contributed by atoms with van der Waals surface area (Å²) in [4.78, 5) is 20.1. The van der Waals surface area contributed by atoms with Crippen LogP contribution in [0.4, 0.5) is 0 Å². The number of hydrogen-bond acceptors (Lipinski definition) is 5. The van der Waals surface area contributed by atoms with Gasteiger partial charge in [-0.1, -0.05) is 5.16 Å². The van der Waals surface area contributed by atoms with Crippen LogP contribution in [0.1, 0.15) is 39.8 Å². The molecule has 1 aliphatic heterocycles. The Morgan fingerprint density at radius 3 is 2.76 bits per heavy atom. The first-order valence-electron chi connectivity index (χ1n) is 6.87. The van der Waals surface area contributed by atoms with E-state index < -0.39 is 5.54 Å². The van der Waals surface area contributed by atoms with Crippen LogP contribution in [0.2, 0.25) is 0 Å². The lowest BCUT2D eigenvalue weighted by Crippen LogP contribution is -2.47. The third-order valence-electron chi connectivity index (χ3n) is 3.79. The molecule has 7 heteroatoms. The van der Waals surface area contributed by atoms with E-state index in [1.807, 2.05) is 6.92 Å². The summed E-state index contributed by atoms with van der Waals surface area (Å²) in [5.74, 6) is 1.01. The van der Waals surface area contributed by atoms with Crippen LogP contribution in [-0.4, -0.2) is 34.2 Å². The number of imidazole rings is 1. The van der Waals surface area contributed by atoms with Gasteiger partial charge in [0.25, 0.3) is 5.91 Å². The van der Waals surface area contributed by atoms with Gasteiger partial charge in [0, 0.05) is 24.9 Å². The molecule has 21 heavy (non-hydrogen) atoms. The lowest BCUT2D eigenvalue weighted by Gasteiger charge is -2.26. The molecule has 3 heterocycles. The largest absolute Gasteiger partial charge is 0.378 e. The topological polar surface area (TPSA) is 93.0 Å². The van der Waals surface area contributed by atoms with Crippen molar-refractivity contribution in [1.82, 2.24) is 20.4 Å². The number of aromatic amines is 1. The van der Waals surface area contributed by atoms with Crippen molar-refractivity contribution >= 4 is 5.91 Å². The molecule has 0 radical (unpaired) electrons. The standard InChI is InChI=1S/C14H18N4O3/c1-8-6-15-13(16-8)14(4-5-20-7-14)17-12(19)11-9(2)18-21-10(11)3/h6H,4-5,7H2,1-3H3,(H,15,16)(H,17,19). The molecule has 0 spiro atoms. The van der Waals surface area contributed by atoms with E-state index in [0.29, 0.717) is 36.7 Å². The molecule has 0 aliphatic carbocycles. The van der Waals surface area contributed by atoms with Gasteiger partial charge in [-0.05, 0) is 20.8 Å². The van der Waals surface area contributed by atoms with Crippen molar-refractivity contribution in [1.29, 1.82) is 0 Å². The Balaban J connectivity index is 1.91. The predicted octanol–water partition coefficient (Wildman–Crippen LogP) is 1.37. The van der Waals surface area contributed by atoms with E-state index in [0.717, 1.165) is 11.5 Å². The highest BCUT2D eigenvalue weighted by Crippen LogP contribution is 2.29. The van der Waals surface area contributed by atoms with Crippen LogP contribution < -0.4 is 5.32 Å². The summed E-state index contributed by atoms with van der Waals surface area (Å²) in [6.45, 7) is 6.39. The van der Waals surface area contributed by atoms with E-state index in [-0.39, 0.29) is 5.91 Å². The molecule has 1 amide bonds. The molecule has 0 aromatic carbocycles. The van der Waals surface area contributed by atoms with Gasteiger partial charge in [0.2, 0.25) is 0 Å². The van der Waals surface area contributed by atoms with Crippen LogP contribution in [0, 0.1) is 20.8 Å². The zero-order valence-electron chi connectivity index (χ0n) is 12.3. The number of nitrogens with zero attached hydrogens (tertiary/aromatic N) is 2.